The molecule has 1 fully saturated rings. The molecule has 84 valence electrons. The summed E-state index contributed by atoms with van der Waals surface area (Å²) in [5.74, 6) is 1.98. The highest BCUT2D eigenvalue weighted by Crippen LogP contribution is 2.07. The molecule has 0 radical (unpaired) electrons. The van der Waals surface area contributed by atoms with Crippen molar-refractivity contribution in [2.75, 3.05) is 20.1 Å². The maximum Gasteiger partial charge on any atom is 0.146 e. The molecule has 15 heavy (non-hydrogen) atoms. The number of nitrogens with one attached hydrogen (secondary N) is 1. The van der Waals surface area contributed by atoms with E-state index in [1.807, 2.05) is 18.5 Å². The van der Waals surface area contributed by atoms with E-state index in [1.165, 1.54) is 13.0 Å². The fraction of sp³-hybridized carbons (Fsp3) is 0.800. The first-order chi connectivity index (χ1) is 7.16. The molecule has 1 N–H and O–H groups in total. The lowest BCUT2D eigenvalue weighted by atomic mass is 10.2. The number of aromatic nitrogens is 3. The van der Waals surface area contributed by atoms with Crippen LogP contribution in [0.15, 0.2) is 0 Å². The van der Waals surface area contributed by atoms with Gasteiger partial charge in [0.2, 0.25) is 0 Å². The minimum Gasteiger partial charge on any atom is -0.317 e. The normalized spacial score (nSPS) is 22.5. The van der Waals surface area contributed by atoms with Gasteiger partial charge in [-0.1, -0.05) is 0 Å². The summed E-state index contributed by atoms with van der Waals surface area (Å²) < 4.78 is 2.03. The zero-order chi connectivity index (χ0) is 10.8. The summed E-state index contributed by atoms with van der Waals surface area (Å²) in [7, 11) is 4.17. The van der Waals surface area contributed by atoms with Crippen LogP contribution in [0.4, 0.5) is 0 Å². The number of hydrogen-bond donors (Lipinski definition) is 1. The van der Waals surface area contributed by atoms with Crippen LogP contribution >= 0.6 is 0 Å². The summed E-state index contributed by atoms with van der Waals surface area (Å²) in [4.78, 5) is 2.35. The predicted molar refractivity (Wildman–Crippen MR) is 58.5 cm³/mol. The molecule has 2 rings (SSSR count). The van der Waals surface area contributed by atoms with E-state index < -0.39 is 0 Å². The Balaban J connectivity index is 1.85. The molecule has 0 aromatic carbocycles. The Hall–Kier alpha value is -0.940. The van der Waals surface area contributed by atoms with Gasteiger partial charge in [0.1, 0.15) is 11.6 Å². The van der Waals surface area contributed by atoms with Gasteiger partial charge in [-0.15, -0.1) is 10.2 Å². The van der Waals surface area contributed by atoms with Crippen molar-refractivity contribution in [2.24, 2.45) is 7.05 Å². The van der Waals surface area contributed by atoms with Gasteiger partial charge in [0, 0.05) is 19.6 Å². The van der Waals surface area contributed by atoms with E-state index in [1.54, 1.807) is 0 Å². The molecule has 0 amide bonds. The van der Waals surface area contributed by atoms with Gasteiger partial charge in [-0.25, -0.2) is 0 Å². The third-order valence-electron chi connectivity index (χ3n) is 3.12. The van der Waals surface area contributed by atoms with Crippen LogP contribution in [-0.2, 0) is 13.6 Å². The van der Waals surface area contributed by atoms with Crippen LogP contribution in [-0.4, -0.2) is 45.8 Å². The van der Waals surface area contributed by atoms with Crippen molar-refractivity contribution < 1.29 is 0 Å². The van der Waals surface area contributed by atoms with Gasteiger partial charge in [-0.2, -0.15) is 0 Å². The molecule has 5 nitrogen and oxygen atoms in total. The Morgan fingerprint density at radius 3 is 2.73 bits per heavy atom. The Morgan fingerprint density at radius 2 is 2.20 bits per heavy atom. The first-order valence-electron chi connectivity index (χ1n) is 5.43. The highest BCUT2D eigenvalue weighted by atomic mass is 15.3. The Kier molecular flexibility index (Phi) is 3.02. The van der Waals surface area contributed by atoms with E-state index in [9.17, 15) is 0 Å². The van der Waals surface area contributed by atoms with Gasteiger partial charge in [0.15, 0.2) is 0 Å². The maximum atomic E-state index is 4.13. The second-order valence-corrected chi connectivity index (χ2v) is 4.35. The van der Waals surface area contributed by atoms with Crippen LogP contribution in [0.1, 0.15) is 18.1 Å². The summed E-state index contributed by atoms with van der Waals surface area (Å²) in [6, 6.07) is 0.604. The lowest BCUT2D eigenvalue weighted by molar-refractivity contribution is 0.396. The third-order valence-corrected chi connectivity index (χ3v) is 3.12. The Labute approximate surface area is 90.5 Å². The minimum absolute atomic E-state index is 0.604. The second kappa shape index (κ2) is 4.28. The zero-order valence-electron chi connectivity index (χ0n) is 9.69. The van der Waals surface area contributed by atoms with Crippen LogP contribution in [0.25, 0.3) is 0 Å². The molecule has 1 unspecified atom stereocenters. The summed E-state index contributed by atoms with van der Waals surface area (Å²) in [5, 5.41) is 11.7. The van der Waals surface area contributed by atoms with Gasteiger partial charge in [0.25, 0.3) is 0 Å². The molecular weight excluding hydrogens is 190 g/mol. The van der Waals surface area contributed by atoms with E-state index in [0.29, 0.717) is 6.04 Å². The average molecular weight is 209 g/mol. The fourth-order valence-electron chi connectivity index (χ4n) is 1.94. The summed E-state index contributed by atoms with van der Waals surface area (Å²) in [6.07, 6.45) is 1.23. The first kappa shape index (κ1) is 10.6. The summed E-state index contributed by atoms with van der Waals surface area (Å²) in [6.45, 7) is 5.11. The van der Waals surface area contributed by atoms with Crippen LogP contribution in [0, 0.1) is 6.92 Å². The van der Waals surface area contributed by atoms with Crippen molar-refractivity contribution in [2.45, 2.75) is 25.9 Å². The number of hydrogen-bond acceptors (Lipinski definition) is 4. The van der Waals surface area contributed by atoms with Crippen LogP contribution in [0.5, 0.6) is 0 Å². The van der Waals surface area contributed by atoms with Gasteiger partial charge < -0.3 is 14.8 Å². The van der Waals surface area contributed by atoms with Gasteiger partial charge in [0.05, 0.1) is 6.54 Å². The lowest BCUT2D eigenvalue weighted by Crippen LogP contribution is -2.31. The summed E-state index contributed by atoms with van der Waals surface area (Å²) >= 11 is 0. The van der Waals surface area contributed by atoms with Gasteiger partial charge in [-0.05, 0) is 26.9 Å². The molecule has 1 aliphatic heterocycles. The molecule has 1 aliphatic rings. The van der Waals surface area contributed by atoms with Crippen molar-refractivity contribution in [1.82, 2.24) is 25.0 Å². The number of likely N-dealkylation sites (tertiary alicyclic amines) is 1. The van der Waals surface area contributed by atoms with E-state index in [2.05, 4.69) is 27.5 Å². The van der Waals surface area contributed by atoms with Gasteiger partial charge in [-0.3, -0.25) is 0 Å². The lowest BCUT2D eigenvalue weighted by Gasteiger charge is -2.12. The standard InChI is InChI=1S/C10H19N5/c1-8-12-13-10(15(8)3)6-11-9-4-5-14(2)7-9/h9,11H,4-7H2,1-3H3. The third kappa shape index (κ3) is 2.35. The van der Waals surface area contributed by atoms with E-state index in [4.69, 9.17) is 0 Å². The Bertz CT molecular complexity index is 333. The number of rotatable bonds is 3. The van der Waals surface area contributed by atoms with Gasteiger partial charge >= 0.3 is 0 Å². The van der Waals surface area contributed by atoms with Crippen molar-refractivity contribution in [3.8, 4) is 0 Å². The maximum absolute atomic E-state index is 4.13. The molecule has 0 saturated carbocycles. The highest BCUT2D eigenvalue weighted by molar-refractivity contribution is 4.93. The fourth-order valence-corrected chi connectivity index (χ4v) is 1.94. The quantitative estimate of drug-likeness (QED) is 0.756. The topological polar surface area (TPSA) is 46.0 Å². The number of nitrogens with zero attached hydrogens (tertiary/aromatic N) is 4. The largest absolute Gasteiger partial charge is 0.317 e. The molecule has 1 atom stereocenters. The molecule has 0 spiro atoms. The highest BCUT2D eigenvalue weighted by Gasteiger charge is 2.19. The van der Waals surface area contributed by atoms with E-state index in [-0.39, 0.29) is 0 Å². The van der Waals surface area contributed by atoms with Crippen molar-refractivity contribution in [3.05, 3.63) is 11.6 Å². The van der Waals surface area contributed by atoms with Crippen LogP contribution in [0.3, 0.4) is 0 Å². The zero-order valence-corrected chi connectivity index (χ0v) is 9.69. The molecule has 1 aromatic heterocycles. The Morgan fingerprint density at radius 1 is 1.40 bits per heavy atom. The van der Waals surface area contributed by atoms with E-state index in [0.717, 1.165) is 24.7 Å². The van der Waals surface area contributed by atoms with E-state index >= 15 is 0 Å². The molecule has 1 saturated heterocycles. The molecule has 1 aromatic rings. The molecular formula is C10H19N5. The molecule has 2 heterocycles. The minimum atomic E-state index is 0.604. The van der Waals surface area contributed by atoms with Crippen molar-refractivity contribution >= 4 is 0 Å². The second-order valence-electron chi connectivity index (χ2n) is 4.35. The van der Waals surface area contributed by atoms with Crippen LogP contribution in [0.2, 0.25) is 0 Å². The molecule has 0 bridgehead atoms. The number of aryl methyl sites for hydroxylation is 1. The first-order valence-corrected chi connectivity index (χ1v) is 5.43. The average Bonchev–Trinajstić information content (AvgIpc) is 2.74. The molecule has 0 aliphatic carbocycles. The summed E-state index contributed by atoms with van der Waals surface area (Å²) in [5.41, 5.74) is 0. The molecule has 5 heteroatoms. The smallest absolute Gasteiger partial charge is 0.146 e. The monoisotopic (exact) mass is 209 g/mol. The number of likely N-dealkylation sites (N-methyl/N-ethyl adjacent to an activating group) is 1. The van der Waals surface area contributed by atoms with Crippen molar-refractivity contribution in [1.29, 1.82) is 0 Å². The van der Waals surface area contributed by atoms with Crippen LogP contribution < -0.4 is 5.32 Å². The SMILES string of the molecule is Cc1nnc(CNC2CCN(C)C2)n1C. The van der Waals surface area contributed by atoms with Crippen molar-refractivity contribution in [3.63, 3.8) is 0 Å². The predicted octanol–water partition coefficient (Wildman–Crippen LogP) is -0.0828.